The van der Waals surface area contributed by atoms with Crippen molar-refractivity contribution in [2.45, 2.75) is 6.54 Å². The van der Waals surface area contributed by atoms with Crippen molar-refractivity contribution in [2.24, 2.45) is 0 Å². The summed E-state index contributed by atoms with van der Waals surface area (Å²) in [5.74, 6) is -0.163. The van der Waals surface area contributed by atoms with E-state index in [1.54, 1.807) is 19.2 Å². The van der Waals surface area contributed by atoms with Crippen LogP contribution in [0, 0.1) is 0 Å². The molecule has 0 radical (unpaired) electrons. The summed E-state index contributed by atoms with van der Waals surface area (Å²) in [5.41, 5.74) is 0.815. The Balaban J connectivity index is 1.72. The number of esters is 1. The topological polar surface area (TPSA) is 73.9 Å². The van der Waals surface area contributed by atoms with E-state index in [1.165, 1.54) is 12.1 Å². The Labute approximate surface area is 160 Å². The minimum atomic E-state index is -0.691. The van der Waals surface area contributed by atoms with Gasteiger partial charge in [-0.3, -0.25) is 4.79 Å². The van der Waals surface area contributed by atoms with Crippen LogP contribution in [0.2, 0.25) is 10.0 Å². The van der Waals surface area contributed by atoms with E-state index in [2.05, 4.69) is 5.32 Å². The molecule has 138 valence electrons. The van der Waals surface area contributed by atoms with Crippen LogP contribution in [0.15, 0.2) is 42.5 Å². The number of para-hydroxylation sites is 1. The molecule has 0 bridgehead atoms. The molecular weight excluding hydrogens is 381 g/mol. The van der Waals surface area contributed by atoms with E-state index in [4.69, 9.17) is 37.4 Å². The highest BCUT2D eigenvalue weighted by Gasteiger charge is 2.11. The number of benzene rings is 2. The van der Waals surface area contributed by atoms with Gasteiger partial charge in [-0.2, -0.15) is 0 Å². The Bertz CT molecular complexity index is 782. The van der Waals surface area contributed by atoms with Gasteiger partial charge in [0.05, 0.1) is 12.1 Å². The average Bonchev–Trinajstić information content (AvgIpc) is 2.64. The maximum atomic E-state index is 11.8. The fraction of sp³-hybridized carbons (Fsp3) is 0.222. The fourth-order valence-corrected chi connectivity index (χ4v) is 2.47. The summed E-state index contributed by atoms with van der Waals surface area (Å²) in [4.78, 5) is 23.4. The zero-order chi connectivity index (χ0) is 18.9. The number of halogens is 2. The van der Waals surface area contributed by atoms with Crippen molar-refractivity contribution in [2.75, 3.05) is 20.3 Å². The summed E-state index contributed by atoms with van der Waals surface area (Å²) in [6.07, 6.45) is 0. The van der Waals surface area contributed by atoms with E-state index in [-0.39, 0.29) is 18.2 Å². The first-order valence-corrected chi connectivity index (χ1v) is 8.37. The summed E-state index contributed by atoms with van der Waals surface area (Å²) >= 11 is 11.7. The highest BCUT2D eigenvalue weighted by Crippen LogP contribution is 2.27. The van der Waals surface area contributed by atoms with E-state index in [0.29, 0.717) is 16.5 Å². The third-order valence-electron chi connectivity index (χ3n) is 3.27. The summed E-state index contributed by atoms with van der Waals surface area (Å²) in [6, 6.07) is 11.9. The largest absolute Gasteiger partial charge is 0.496 e. The lowest BCUT2D eigenvalue weighted by Crippen LogP contribution is -2.29. The smallest absolute Gasteiger partial charge is 0.344 e. The molecule has 0 aliphatic carbocycles. The second-order valence-electron chi connectivity index (χ2n) is 5.11. The van der Waals surface area contributed by atoms with Gasteiger partial charge in [-0.25, -0.2) is 4.79 Å². The highest BCUT2D eigenvalue weighted by atomic mass is 35.5. The zero-order valence-electron chi connectivity index (χ0n) is 14.0. The van der Waals surface area contributed by atoms with E-state index in [1.807, 2.05) is 18.2 Å². The molecule has 2 aromatic carbocycles. The molecule has 0 aliphatic heterocycles. The molecule has 0 aliphatic rings. The predicted molar refractivity (Wildman–Crippen MR) is 97.8 cm³/mol. The van der Waals surface area contributed by atoms with Gasteiger partial charge in [0.2, 0.25) is 0 Å². The van der Waals surface area contributed by atoms with Crippen LogP contribution in [0.3, 0.4) is 0 Å². The molecule has 2 rings (SSSR count). The van der Waals surface area contributed by atoms with Gasteiger partial charge in [-0.15, -0.1) is 0 Å². The van der Waals surface area contributed by atoms with Gasteiger partial charge in [0.25, 0.3) is 5.91 Å². The number of hydrogen-bond donors (Lipinski definition) is 1. The Morgan fingerprint density at radius 2 is 1.81 bits per heavy atom. The third-order valence-corrected chi connectivity index (χ3v) is 3.80. The lowest BCUT2D eigenvalue weighted by atomic mass is 10.2. The van der Waals surface area contributed by atoms with Crippen LogP contribution in [0.25, 0.3) is 0 Å². The van der Waals surface area contributed by atoms with Crippen molar-refractivity contribution in [3.05, 3.63) is 58.1 Å². The average molecular weight is 398 g/mol. The van der Waals surface area contributed by atoms with Crippen molar-refractivity contribution >= 4 is 35.1 Å². The van der Waals surface area contributed by atoms with E-state index < -0.39 is 18.5 Å². The number of ether oxygens (including phenoxy) is 3. The van der Waals surface area contributed by atoms with Crippen LogP contribution in [-0.2, 0) is 20.9 Å². The zero-order valence-corrected chi connectivity index (χ0v) is 15.5. The molecule has 2 aromatic rings. The molecule has 0 fully saturated rings. The molecule has 0 atom stereocenters. The van der Waals surface area contributed by atoms with Crippen LogP contribution >= 0.6 is 23.2 Å². The number of methoxy groups -OCH3 is 1. The molecule has 0 heterocycles. The fourth-order valence-electron chi connectivity index (χ4n) is 2.01. The van der Waals surface area contributed by atoms with Gasteiger partial charge in [0.1, 0.15) is 11.5 Å². The predicted octanol–water partition coefficient (Wildman–Crippen LogP) is 3.24. The Kier molecular flexibility index (Phi) is 7.56. The van der Waals surface area contributed by atoms with Crippen LogP contribution in [0.1, 0.15) is 5.56 Å². The molecule has 26 heavy (non-hydrogen) atoms. The number of rotatable bonds is 8. The van der Waals surface area contributed by atoms with Gasteiger partial charge in [-0.1, -0.05) is 41.4 Å². The first-order chi connectivity index (χ1) is 12.5. The van der Waals surface area contributed by atoms with Crippen LogP contribution in [0.4, 0.5) is 0 Å². The second kappa shape index (κ2) is 9.89. The molecule has 0 spiro atoms. The maximum absolute atomic E-state index is 11.8. The van der Waals surface area contributed by atoms with Crippen molar-refractivity contribution < 1.29 is 23.8 Å². The number of hydrogen-bond acceptors (Lipinski definition) is 5. The van der Waals surface area contributed by atoms with E-state index in [9.17, 15) is 9.59 Å². The minimum Gasteiger partial charge on any atom is -0.496 e. The number of carbonyl (C=O) groups excluding carboxylic acids is 2. The second-order valence-corrected chi connectivity index (χ2v) is 5.96. The molecule has 0 unspecified atom stereocenters. The molecule has 8 heteroatoms. The molecule has 1 amide bonds. The van der Waals surface area contributed by atoms with Gasteiger partial charge in [0.15, 0.2) is 13.2 Å². The molecular formula is C18H17Cl2NO5. The van der Waals surface area contributed by atoms with Crippen molar-refractivity contribution in [1.29, 1.82) is 0 Å². The van der Waals surface area contributed by atoms with Gasteiger partial charge < -0.3 is 19.5 Å². The number of nitrogens with one attached hydrogen (secondary N) is 1. The summed E-state index contributed by atoms with van der Waals surface area (Å²) in [5, 5.41) is 3.38. The SMILES string of the molecule is COc1ccccc1CNC(=O)COC(=O)COc1ccc(Cl)cc1Cl. The first kappa shape index (κ1) is 19.9. The quantitative estimate of drug-likeness (QED) is 0.692. The lowest BCUT2D eigenvalue weighted by Gasteiger charge is -2.10. The number of carbonyl (C=O) groups is 2. The third kappa shape index (κ3) is 6.13. The molecule has 6 nitrogen and oxygen atoms in total. The molecule has 0 saturated carbocycles. The van der Waals surface area contributed by atoms with E-state index >= 15 is 0 Å². The Morgan fingerprint density at radius 3 is 2.54 bits per heavy atom. The molecule has 1 N–H and O–H groups in total. The van der Waals surface area contributed by atoms with Crippen LogP contribution in [0.5, 0.6) is 11.5 Å². The summed E-state index contributed by atoms with van der Waals surface area (Å²) in [7, 11) is 1.55. The van der Waals surface area contributed by atoms with E-state index in [0.717, 1.165) is 5.56 Å². The van der Waals surface area contributed by atoms with Crippen LogP contribution in [-0.4, -0.2) is 32.2 Å². The standard InChI is InChI=1S/C18H17Cl2NO5/c1-24-15-5-3-2-4-12(15)9-21-17(22)10-26-18(23)11-25-16-7-6-13(19)8-14(16)20/h2-8H,9-11H2,1H3,(H,21,22). The van der Waals surface area contributed by atoms with Crippen molar-refractivity contribution in [1.82, 2.24) is 5.32 Å². The van der Waals surface area contributed by atoms with Crippen molar-refractivity contribution in [3.8, 4) is 11.5 Å². The van der Waals surface area contributed by atoms with Gasteiger partial charge in [0, 0.05) is 17.1 Å². The normalized spacial score (nSPS) is 10.1. The Hall–Kier alpha value is -2.44. The van der Waals surface area contributed by atoms with Gasteiger partial charge in [-0.05, 0) is 24.3 Å². The number of amides is 1. The lowest BCUT2D eigenvalue weighted by molar-refractivity contribution is -0.150. The van der Waals surface area contributed by atoms with Crippen molar-refractivity contribution in [3.63, 3.8) is 0 Å². The van der Waals surface area contributed by atoms with Gasteiger partial charge >= 0.3 is 5.97 Å². The summed E-state index contributed by atoms with van der Waals surface area (Å²) in [6.45, 7) is -0.524. The Morgan fingerprint density at radius 1 is 1.04 bits per heavy atom. The minimum absolute atomic E-state index is 0.261. The molecule has 0 saturated heterocycles. The monoisotopic (exact) mass is 397 g/mol. The first-order valence-electron chi connectivity index (χ1n) is 7.61. The highest BCUT2D eigenvalue weighted by molar-refractivity contribution is 6.35. The summed E-state index contributed by atoms with van der Waals surface area (Å²) < 4.78 is 15.3. The molecule has 0 aromatic heterocycles. The van der Waals surface area contributed by atoms with Crippen LogP contribution < -0.4 is 14.8 Å². The maximum Gasteiger partial charge on any atom is 0.344 e.